The normalized spacial score (nSPS) is 17.8. The molecule has 1 aliphatic heterocycles. The van der Waals surface area contributed by atoms with Crippen molar-refractivity contribution < 1.29 is 81.6 Å². The molecule has 26 nitrogen and oxygen atoms in total. The van der Waals surface area contributed by atoms with Crippen molar-refractivity contribution in [2.45, 2.75) is 224 Å². The summed E-state index contributed by atoms with van der Waals surface area (Å²) in [6.07, 6.45) is 2.90. The molecule has 4 rings (SSSR count). The number of amides is 9. The van der Waals surface area contributed by atoms with Gasteiger partial charge in [-0.2, -0.15) is 0 Å². The standard InChI is InChI=1S/C56H84ClN9O17/c1-32(2)46(51(74)60-33(3)52(75)66-27-17-25-42(66)53(76)77)65-50(73)39(28-43(58)67)62-48(71)40(29-44(68)81-35-19-9-7-10-20-35)63-47(70)38(24-15-16-26-59-54(78)80-31-34-18-13-14-23-37(34)57)61-49(72)41(64-55(79)83-56(4,5)6)30-45(69)82-36-21-11-8-12-22-36/h13-14,18,23,32-33,35-36,38-42,46H,7-12,15-17,19-22,24-31H2,1-6H3,(H2,58,67)(H,59,78)(H,60,74)(H,61,72)(H,62,71)(H,63,70)(H,64,79)(H,65,73)(H,76,77)/t33-,38-,39-,40-,41-,42-,46-/m0/s1. The van der Waals surface area contributed by atoms with Crippen LogP contribution in [0, 0.1) is 5.92 Å². The van der Waals surface area contributed by atoms with Gasteiger partial charge in [0.05, 0.1) is 19.3 Å². The molecule has 7 atom stereocenters. The molecule has 0 aromatic heterocycles. The summed E-state index contributed by atoms with van der Waals surface area (Å²) in [5.41, 5.74) is 5.08. The molecule has 0 spiro atoms. The summed E-state index contributed by atoms with van der Waals surface area (Å²) in [7, 11) is 0. The van der Waals surface area contributed by atoms with Crippen LogP contribution in [0.1, 0.15) is 163 Å². The number of rotatable bonds is 29. The molecule has 1 aromatic rings. The Balaban J connectivity index is 1.60. The number of carbonyl (C=O) groups is 12. The van der Waals surface area contributed by atoms with Gasteiger partial charge in [-0.15, -0.1) is 0 Å². The molecule has 10 N–H and O–H groups in total. The number of hydrogen-bond acceptors (Lipinski definition) is 16. The van der Waals surface area contributed by atoms with Crippen LogP contribution in [0.4, 0.5) is 9.59 Å². The lowest BCUT2D eigenvalue weighted by molar-refractivity contribution is -0.153. The summed E-state index contributed by atoms with van der Waals surface area (Å²) in [5, 5.41) is 27.4. The van der Waals surface area contributed by atoms with Gasteiger partial charge in [-0.1, -0.05) is 56.5 Å². The number of likely N-dealkylation sites (tertiary alicyclic amines) is 1. The molecule has 0 radical (unpaired) electrons. The number of unbranched alkanes of at least 4 members (excludes halogenated alkanes) is 1. The van der Waals surface area contributed by atoms with Crippen molar-refractivity contribution in [3.05, 3.63) is 34.9 Å². The van der Waals surface area contributed by atoms with Crippen molar-refractivity contribution in [2.24, 2.45) is 11.7 Å². The smallest absolute Gasteiger partial charge is 0.408 e. The first kappa shape index (κ1) is 68.3. The average Bonchev–Trinajstić information content (AvgIpc) is 3.98. The van der Waals surface area contributed by atoms with Gasteiger partial charge in [0.15, 0.2) is 0 Å². The van der Waals surface area contributed by atoms with Crippen molar-refractivity contribution in [2.75, 3.05) is 13.1 Å². The molecule has 1 aromatic carbocycles. The highest BCUT2D eigenvalue weighted by molar-refractivity contribution is 6.31. The van der Waals surface area contributed by atoms with E-state index in [1.807, 2.05) is 0 Å². The van der Waals surface area contributed by atoms with Gasteiger partial charge in [0, 0.05) is 23.7 Å². The molecule has 83 heavy (non-hydrogen) atoms. The second-order valence-electron chi connectivity index (χ2n) is 22.5. The van der Waals surface area contributed by atoms with Crippen molar-refractivity contribution in [1.29, 1.82) is 0 Å². The monoisotopic (exact) mass is 1190 g/mol. The van der Waals surface area contributed by atoms with Gasteiger partial charge in [-0.05, 0) is 123 Å². The number of hydrogen-bond donors (Lipinski definition) is 9. The first-order valence-corrected chi connectivity index (χ1v) is 28.9. The Labute approximate surface area is 488 Å². The van der Waals surface area contributed by atoms with Gasteiger partial charge in [0.1, 0.15) is 66.7 Å². The molecule has 0 unspecified atom stereocenters. The maximum absolute atomic E-state index is 14.6. The van der Waals surface area contributed by atoms with Gasteiger partial charge in [-0.3, -0.25) is 43.2 Å². The molecule has 1 saturated heterocycles. The second-order valence-corrected chi connectivity index (χ2v) is 22.9. The van der Waals surface area contributed by atoms with Crippen LogP contribution in [0.25, 0.3) is 0 Å². The van der Waals surface area contributed by atoms with E-state index in [4.69, 9.17) is 36.3 Å². The largest absolute Gasteiger partial charge is 0.480 e. The van der Waals surface area contributed by atoms with E-state index in [9.17, 15) is 62.6 Å². The van der Waals surface area contributed by atoms with Crippen LogP contribution in [0.2, 0.25) is 5.02 Å². The van der Waals surface area contributed by atoms with E-state index >= 15 is 0 Å². The molecular weight excluding hydrogens is 1110 g/mol. The number of ether oxygens (including phenoxy) is 4. The Morgan fingerprint density at radius 2 is 1.16 bits per heavy atom. The maximum Gasteiger partial charge on any atom is 0.408 e. The van der Waals surface area contributed by atoms with E-state index in [0.717, 1.165) is 43.4 Å². The zero-order valence-electron chi connectivity index (χ0n) is 48.3. The third-order valence-electron chi connectivity index (χ3n) is 14.1. The average molecular weight is 1190 g/mol. The Bertz CT molecular complexity index is 2440. The molecule has 0 bridgehead atoms. The maximum atomic E-state index is 14.6. The number of primary amides is 1. The highest BCUT2D eigenvalue weighted by Crippen LogP contribution is 2.24. The minimum absolute atomic E-state index is 0.0170. The van der Waals surface area contributed by atoms with Crippen molar-refractivity contribution in [3.63, 3.8) is 0 Å². The van der Waals surface area contributed by atoms with Crippen LogP contribution in [0.3, 0.4) is 0 Å². The lowest BCUT2D eigenvalue weighted by Crippen LogP contribution is -2.61. The number of carbonyl (C=O) groups excluding carboxylic acids is 11. The molecule has 27 heteroatoms. The van der Waals surface area contributed by atoms with Gasteiger partial charge in [0.25, 0.3) is 0 Å². The topological polar surface area (TPSA) is 375 Å². The summed E-state index contributed by atoms with van der Waals surface area (Å²) >= 11 is 6.19. The number of carboxylic acids is 1. The quantitative estimate of drug-likeness (QED) is 0.0316. The fourth-order valence-electron chi connectivity index (χ4n) is 9.70. The number of nitrogens with zero attached hydrogens (tertiary/aromatic N) is 1. The zero-order valence-corrected chi connectivity index (χ0v) is 49.1. The van der Waals surface area contributed by atoms with Crippen LogP contribution in [-0.2, 0) is 73.5 Å². The summed E-state index contributed by atoms with van der Waals surface area (Å²) in [6, 6.07) is -3.93. The van der Waals surface area contributed by atoms with E-state index in [1.54, 1.807) is 58.9 Å². The molecule has 1 heterocycles. The van der Waals surface area contributed by atoms with Crippen molar-refractivity contribution in [1.82, 2.24) is 42.1 Å². The third-order valence-corrected chi connectivity index (χ3v) is 14.4. The highest BCUT2D eigenvalue weighted by Gasteiger charge is 2.39. The number of halogens is 1. The van der Waals surface area contributed by atoms with E-state index < -0.39 is 157 Å². The first-order valence-electron chi connectivity index (χ1n) is 28.6. The molecule has 9 amide bonds. The fourth-order valence-corrected chi connectivity index (χ4v) is 9.89. The van der Waals surface area contributed by atoms with Crippen molar-refractivity contribution >= 4 is 83.0 Å². The summed E-state index contributed by atoms with van der Waals surface area (Å²) in [4.78, 5) is 163. The molecule has 462 valence electrons. The van der Waals surface area contributed by atoms with Gasteiger partial charge >= 0.3 is 30.1 Å². The van der Waals surface area contributed by atoms with Gasteiger partial charge < -0.3 is 71.9 Å². The van der Waals surface area contributed by atoms with Crippen molar-refractivity contribution in [3.8, 4) is 0 Å². The number of nitrogens with one attached hydrogen (secondary N) is 7. The number of carboxylic acid groups (broad SMARTS) is 1. The Hall–Kier alpha value is -7.25. The molecule has 3 aliphatic rings. The van der Waals surface area contributed by atoms with Crippen LogP contribution in [-0.4, -0.2) is 155 Å². The number of aliphatic carboxylic acids is 1. The molecule has 2 aliphatic carbocycles. The minimum Gasteiger partial charge on any atom is -0.480 e. The molecular formula is C56H84ClN9O17. The predicted molar refractivity (Wildman–Crippen MR) is 298 cm³/mol. The Morgan fingerprint density at radius 1 is 0.639 bits per heavy atom. The van der Waals surface area contributed by atoms with Crippen LogP contribution in [0.15, 0.2) is 24.3 Å². The van der Waals surface area contributed by atoms with E-state index in [0.29, 0.717) is 42.7 Å². The predicted octanol–water partition coefficient (Wildman–Crippen LogP) is 3.21. The third kappa shape index (κ3) is 24.2. The molecule has 2 saturated carbocycles. The van der Waals surface area contributed by atoms with Crippen LogP contribution < -0.4 is 43.0 Å². The molecule has 3 fully saturated rings. The number of benzene rings is 1. The van der Waals surface area contributed by atoms with Crippen LogP contribution in [0.5, 0.6) is 0 Å². The Morgan fingerprint density at radius 3 is 1.69 bits per heavy atom. The lowest BCUT2D eigenvalue weighted by Gasteiger charge is -2.29. The van der Waals surface area contributed by atoms with E-state index in [2.05, 4.69) is 37.2 Å². The number of esters is 2. The minimum atomic E-state index is -1.88. The first-order chi connectivity index (χ1) is 39.2. The van der Waals surface area contributed by atoms with E-state index in [-0.39, 0.29) is 45.4 Å². The summed E-state index contributed by atoms with van der Waals surface area (Å²) in [6.45, 7) is 9.26. The highest BCUT2D eigenvalue weighted by atomic mass is 35.5. The fraction of sp³-hybridized carbons (Fsp3) is 0.679. The SMILES string of the molecule is CC(C)[C@H](NC(=O)[C@H](CC(N)=O)NC(=O)[C@H](CC(=O)OC1CCCCC1)NC(=O)[C@H](CCCCNC(=O)OCc1ccccc1Cl)NC(=O)[C@H](CC(=O)OC1CCCCC1)NC(=O)OC(C)(C)C)C(=O)N[C@@H](C)C(=O)N1CCC[C@H]1C(=O)O. The lowest BCUT2D eigenvalue weighted by atomic mass is 9.98. The zero-order chi connectivity index (χ0) is 61.4. The number of alkyl carbamates (subject to hydrolysis) is 2. The Kier molecular flexibility index (Phi) is 27.8. The summed E-state index contributed by atoms with van der Waals surface area (Å²) in [5.74, 6) is -10.7. The van der Waals surface area contributed by atoms with Gasteiger partial charge in [-0.25, -0.2) is 14.4 Å². The van der Waals surface area contributed by atoms with E-state index in [1.165, 1.54) is 6.92 Å². The van der Waals surface area contributed by atoms with Gasteiger partial charge in [0.2, 0.25) is 41.4 Å². The summed E-state index contributed by atoms with van der Waals surface area (Å²) < 4.78 is 22.1. The van der Waals surface area contributed by atoms with Crippen LogP contribution >= 0.6 is 11.6 Å². The second kappa shape index (κ2) is 33.8. The number of nitrogens with two attached hydrogens (primary N) is 1.